The lowest BCUT2D eigenvalue weighted by Crippen LogP contribution is -2.38. The van der Waals surface area contributed by atoms with Crippen LogP contribution in [0.25, 0.3) is 0 Å². The van der Waals surface area contributed by atoms with Crippen molar-refractivity contribution in [2.75, 3.05) is 36.2 Å². The fourth-order valence-corrected chi connectivity index (χ4v) is 9.76. The molecule has 0 aromatic heterocycles. The van der Waals surface area contributed by atoms with E-state index in [1.54, 1.807) is 45.5 Å². The number of anilines is 1. The molecule has 21 heteroatoms. The highest BCUT2D eigenvalue weighted by Gasteiger charge is 2.36. The fourth-order valence-electron chi connectivity index (χ4n) is 6.69. The van der Waals surface area contributed by atoms with Gasteiger partial charge < -0.3 is 31.4 Å². The molecule has 1 amide bonds. The van der Waals surface area contributed by atoms with E-state index in [9.17, 15) is 29.4 Å². The van der Waals surface area contributed by atoms with Gasteiger partial charge in [0, 0.05) is 63.9 Å². The van der Waals surface area contributed by atoms with Crippen molar-refractivity contribution in [2.45, 2.75) is 96.9 Å². The van der Waals surface area contributed by atoms with E-state index >= 15 is 0 Å². The van der Waals surface area contributed by atoms with Gasteiger partial charge in [0.1, 0.15) is 22.9 Å². The van der Waals surface area contributed by atoms with Crippen molar-refractivity contribution in [1.29, 1.82) is 0 Å². The Kier molecular flexibility index (Phi) is 17.1. The lowest BCUT2D eigenvalue weighted by molar-refractivity contribution is -0.385. The van der Waals surface area contributed by atoms with Gasteiger partial charge in [0.15, 0.2) is 15.5 Å². The van der Waals surface area contributed by atoms with Gasteiger partial charge in [-0.05, 0) is 105 Å². The second-order valence-electron chi connectivity index (χ2n) is 16.0. The third kappa shape index (κ3) is 13.9. The summed E-state index contributed by atoms with van der Waals surface area (Å²) in [4.78, 5) is 46.3. The van der Waals surface area contributed by atoms with Gasteiger partial charge >= 0.3 is 6.09 Å². The molecule has 0 radical (unpaired) electrons. The van der Waals surface area contributed by atoms with Gasteiger partial charge in [0.2, 0.25) is 0 Å². The molecule has 0 aliphatic carbocycles. The molecular weight excluding hydrogens is 874 g/mol. The van der Waals surface area contributed by atoms with Crippen molar-refractivity contribution in [3.05, 3.63) is 97.3 Å². The number of hydrogen-bond acceptors (Lipinski definition) is 17. The summed E-state index contributed by atoms with van der Waals surface area (Å²) in [5.41, 5.74) is 17.4. The average molecular weight is 930 g/mol. The molecule has 0 unspecified atom stereocenters. The molecule has 3 atom stereocenters. The minimum atomic E-state index is -1.01. The number of nitrogens with one attached hydrogen (secondary N) is 1. The van der Waals surface area contributed by atoms with Crippen LogP contribution in [0, 0.1) is 26.0 Å². The number of rotatable bonds is 9. The van der Waals surface area contributed by atoms with Crippen LogP contribution in [0.1, 0.15) is 91.3 Å². The third-order valence-corrected chi connectivity index (χ3v) is 12.3. The van der Waals surface area contributed by atoms with E-state index in [1.165, 1.54) is 41.7 Å². The average Bonchev–Trinajstić information content (AvgIpc) is 3.18. The van der Waals surface area contributed by atoms with Crippen LogP contribution < -0.4 is 32.0 Å². The van der Waals surface area contributed by atoms with Crippen LogP contribution in [0.2, 0.25) is 0 Å². The van der Waals surface area contributed by atoms with E-state index in [0.717, 1.165) is 59.0 Å². The van der Waals surface area contributed by atoms with Crippen LogP contribution in [-0.4, -0.2) is 67.5 Å². The molecule has 7 N–H and O–H groups in total. The number of nitro groups is 2. The summed E-state index contributed by atoms with van der Waals surface area (Å²) >= 11 is 4.40. The van der Waals surface area contributed by atoms with Crippen LogP contribution in [0.5, 0.6) is 11.5 Å². The second-order valence-corrected chi connectivity index (χ2v) is 19.4. The van der Waals surface area contributed by atoms with Gasteiger partial charge in [-0.3, -0.25) is 40.5 Å². The number of carbonyl (C=O) groups excluding carboxylic acids is 1. The SMILES string of the molecule is CC(C)(C)OC(=O)NC1=N[C@](C)(c2cc([N+](=O)[O-])ccc2F)CCS1.CCOc1ccc(N)cc1[C@]1(C)CCSC(N)=N1.CCOc1ccc([N+](=O)[O-])cc1[C@]1(C)CCSC(N)=N1. The van der Waals surface area contributed by atoms with Crippen molar-refractivity contribution in [3.63, 3.8) is 0 Å². The zero-order chi connectivity index (χ0) is 46.8. The van der Waals surface area contributed by atoms with Crippen molar-refractivity contribution in [3.8, 4) is 11.5 Å². The molecule has 17 nitrogen and oxygen atoms in total. The zero-order valence-electron chi connectivity index (χ0n) is 36.7. The van der Waals surface area contributed by atoms with Crippen LogP contribution in [0.15, 0.2) is 69.6 Å². The first-order chi connectivity index (χ1) is 29.5. The minimum absolute atomic E-state index is 0.0386. The molecule has 3 aliphatic rings. The monoisotopic (exact) mass is 929 g/mol. The van der Waals surface area contributed by atoms with E-state index in [1.807, 2.05) is 39.0 Å². The lowest BCUT2D eigenvalue weighted by atomic mass is 9.88. The number of nitro benzene ring substituents is 2. The number of nitrogens with zero attached hydrogens (tertiary/aromatic N) is 5. The summed E-state index contributed by atoms with van der Waals surface area (Å²) in [6, 6.07) is 13.7. The normalized spacial score (nSPS) is 22.0. The van der Waals surface area contributed by atoms with Crippen molar-refractivity contribution >= 4 is 73.9 Å². The smallest absolute Gasteiger partial charge is 0.413 e. The number of hydrogen-bond donors (Lipinski definition) is 4. The van der Waals surface area contributed by atoms with Crippen molar-refractivity contribution < 1.29 is 33.2 Å². The van der Waals surface area contributed by atoms with E-state index in [0.29, 0.717) is 46.6 Å². The predicted molar refractivity (Wildman–Crippen MR) is 253 cm³/mol. The summed E-state index contributed by atoms with van der Waals surface area (Å²) in [6.07, 6.45) is 1.53. The lowest BCUT2D eigenvalue weighted by Gasteiger charge is -2.31. The maximum Gasteiger partial charge on any atom is 0.413 e. The minimum Gasteiger partial charge on any atom is -0.494 e. The molecule has 0 saturated carbocycles. The van der Waals surface area contributed by atoms with Crippen molar-refractivity contribution in [2.24, 2.45) is 26.4 Å². The summed E-state index contributed by atoms with van der Waals surface area (Å²) in [7, 11) is 0. The molecular formula is C42H56FN9O8S3. The molecule has 0 spiro atoms. The fraction of sp³-hybridized carbons (Fsp3) is 0.476. The predicted octanol–water partition coefficient (Wildman–Crippen LogP) is 8.96. The number of amides is 1. The zero-order valence-corrected chi connectivity index (χ0v) is 39.1. The molecule has 342 valence electrons. The molecule has 0 saturated heterocycles. The number of thioether (sulfide) groups is 3. The van der Waals surface area contributed by atoms with Gasteiger partial charge in [-0.1, -0.05) is 35.3 Å². The topological polar surface area (TPSA) is 258 Å². The largest absolute Gasteiger partial charge is 0.494 e. The highest BCUT2D eigenvalue weighted by Crippen LogP contribution is 2.43. The summed E-state index contributed by atoms with van der Waals surface area (Å²) in [6.45, 7) is 15.9. The molecule has 3 heterocycles. The van der Waals surface area contributed by atoms with Crippen LogP contribution >= 0.6 is 35.3 Å². The Morgan fingerprint density at radius 3 is 1.65 bits per heavy atom. The van der Waals surface area contributed by atoms with Gasteiger partial charge in [-0.15, -0.1) is 0 Å². The Morgan fingerprint density at radius 2 is 1.17 bits per heavy atom. The molecule has 3 aliphatic heterocycles. The van der Waals surface area contributed by atoms with Crippen LogP contribution in [0.4, 0.5) is 26.2 Å². The van der Waals surface area contributed by atoms with Crippen LogP contribution in [0.3, 0.4) is 0 Å². The van der Waals surface area contributed by atoms with E-state index in [-0.39, 0.29) is 22.5 Å². The van der Waals surface area contributed by atoms with Gasteiger partial charge in [0.25, 0.3) is 11.4 Å². The van der Waals surface area contributed by atoms with E-state index in [4.69, 9.17) is 31.4 Å². The van der Waals surface area contributed by atoms with E-state index < -0.39 is 38.4 Å². The molecule has 6 rings (SSSR count). The summed E-state index contributed by atoms with van der Waals surface area (Å²) in [5, 5.41) is 25.9. The number of aliphatic imine (C=N–C) groups is 3. The number of halogens is 1. The molecule has 63 heavy (non-hydrogen) atoms. The molecule has 3 aromatic carbocycles. The third-order valence-electron chi connectivity index (χ3n) is 9.85. The maximum atomic E-state index is 14.3. The first kappa shape index (κ1) is 50.4. The second kappa shape index (κ2) is 21.4. The van der Waals surface area contributed by atoms with Crippen molar-refractivity contribution in [1.82, 2.24) is 5.32 Å². The Balaban J connectivity index is 0.000000211. The highest BCUT2D eigenvalue weighted by atomic mass is 32.2. The van der Waals surface area contributed by atoms with Crippen LogP contribution in [-0.2, 0) is 21.4 Å². The standard InChI is InChI=1S/C16H20FN3O4S.C13H17N3O3S.C13H19N3OS/c1-15(2,3)24-14(21)18-13-19-16(4,7-8-25-13)11-9-10(20(22)23)5-6-12(11)17;1-3-19-11-5-4-9(16(17)18)8-10(11)13(2)6-7-20-12(14)15-13;1-3-17-11-5-4-9(14)8-10(11)13(2)6-7-18-12(15)16-13/h5-6,9H,7-8H2,1-4H3,(H,18,19,21);4-5,8H,3,6-7H2,1-2H3,(H2,14,15);4-5,8H,3,6-7,14H2,1-2H3,(H2,15,16)/t16-;2*13-/m000/s1. The van der Waals surface area contributed by atoms with Gasteiger partial charge in [-0.25, -0.2) is 9.18 Å². The Morgan fingerprint density at radius 1 is 0.730 bits per heavy atom. The molecule has 0 fully saturated rings. The van der Waals surface area contributed by atoms with E-state index in [2.05, 4.69) is 27.2 Å². The highest BCUT2D eigenvalue weighted by molar-refractivity contribution is 8.14. The summed E-state index contributed by atoms with van der Waals surface area (Å²) in [5.74, 6) is 3.28. The number of benzene rings is 3. The number of carbonyl (C=O) groups is 1. The molecule has 3 aromatic rings. The van der Waals surface area contributed by atoms with Gasteiger partial charge in [-0.2, -0.15) is 0 Å². The quantitative estimate of drug-likeness (QED) is 0.0887. The first-order valence-corrected chi connectivity index (χ1v) is 23.0. The number of nitrogens with two attached hydrogens (primary N) is 3. The Hall–Kier alpha value is -5.28. The Labute approximate surface area is 379 Å². The number of ether oxygens (including phenoxy) is 3. The number of alkyl carbamates (subject to hydrolysis) is 1. The van der Waals surface area contributed by atoms with Gasteiger partial charge in [0.05, 0.1) is 39.7 Å². The Bertz CT molecular complexity index is 2260. The molecule has 0 bridgehead atoms. The number of amidine groups is 3. The maximum absolute atomic E-state index is 14.3. The number of nitrogen functional groups attached to an aromatic ring is 1. The first-order valence-electron chi connectivity index (χ1n) is 20.1. The summed E-state index contributed by atoms with van der Waals surface area (Å²) < 4.78 is 30.7. The number of non-ortho nitro benzene ring substituents is 2.